The standard InChI is InChI=1S/C19H20N4O6S/c1-19(14-7-5-8-15(11-14)23(26)27)17(24)22(18(25)20-19)12-13-6-4-9-16(10-13)30(28,29)21(2)3/h4-11H,12H2,1-3H3,(H,20,25). The van der Waals surface area contributed by atoms with Crippen molar-refractivity contribution in [2.24, 2.45) is 0 Å². The Hall–Kier alpha value is -3.31. The fourth-order valence-electron chi connectivity index (χ4n) is 3.16. The minimum atomic E-state index is -3.67. The number of rotatable bonds is 6. The monoisotopic (exact) mass is 432 g/mol. The number of amides is 3. The van der Waals surface area contributed by atoms with Crippen LogP contribution in [0.3, 0.4) is 0 Å². The molecule has 0 spiro atoms. The molecule has 11 heteroatoms. The molecule has 158 valence electrons. The molecule has 0 bridgehead atoms. The van der Waals surface area contributed by atoms with E-state index < -0.39 is 32.4 Å². The summed E-state index contributed by atoms with van der Waals surface area (Å²) in [5.74, 6) is -0.589. The third-order valence-corrected chi connectivity index (χ3v) is 6.74. The molecule has 1 heterocycles. The van der Waals surface area contributed by atoms with Crippen molar-refractivity contribution in [2.75, 3.05) is 14.1 Å². The van der Waals surface area contributed by atoms with Crippen molar-refractivity contribution in [1.29, 1.82) is 0 Å². The van der Waals surface area contributed by atoms with Crippen LogP contribution < -0.4 is 5.32 Å². The van der Waals surface area contributed by atoms with Crippen LogP contribution in [0.1, 0.15) is 18.1 Å². The predicted octanol–water partition coefficient (Wildman–Crippen LogP) is 1.81. The number of nitro benzene ring substituents is 1. The highest BCUT2D eigenvalue weighted by Crippen LogP contribution is 2.31. The van der Waals surface area contributed by atoms with E-state index in [0.717, 1.165) is 9.21 Å². The maximum Gasteiger partial charge on any atom is 0.325 e. The number of hydrogen-bond donors (Lipinski definition) is 1. The molecule has 3 amide bonds. The smallest absolute Gasteiger partial charge is 0.319 e. The Bertz CT molecular complexity index is 1150. The second kappa shape index (κ2) is 7.50. The lowest BCUT2D eigenvalue weighted by atomic mass is 9.91. The van der Waals surface area contributed by atoms with Crippen molar-refractivity contribution >= 4 is 27.6 Å². The minimum absolute atomic E-state index is 0.0403. The van der Waals surface area contributed by atoms with E-state index in [9.17, 15) is 28.1 Å². The molecule has 2 aromatic rings. The summed E-state index contributed by atoms with van der Waals surface area (Å²) in [6.07, 6.45) is 0. The summed E-state index contributed by atoms with van der Waals surface area (Å²) in [4.78, 5) is 37.1. The van der Waals surface area contributed by atoms with Crippen LogP contribution >= 0.6 is 0 Å². The molecular weight excluding hydrogens is 412 g/mol. The number of nitrogens with one attached hydrogen (secondary N) is 1. The van der Waals surface area contributed by atoms with Crippen LogP contribution in [0.2, 0.25) is 0 Å². The topological polar surface area (TPSA) is 130 Å². The van der Waals surface area contributed by atoms with E-state index in [2.05, 4.69) is 5.32 Å². The summed E-state index contributed by atoms with van der Waals surface area (Å²) in [6.45, 7) is 1.32. The molecule has 1 aliphatic rings. The molecule has 0 radical (unpaired) electrons. The van der Waals surface area contributed by atoms with E-state index in [1.165, 1.54) is 63.5 Å². The quantitative estimate of drug-likeness (QED) is 0.421. The Morgan fingerprint density at radius 2 is 1.80 bits per heavy atom. The molecular formula is C19H20N4O6S. The van der Waals surface area contributed by atoms with Gasteiger partial charge in [-0.05, 0) is 30.2 Å². The molecule has 1 aliphatic heterocycles. The fourth-order valence-corrected chi connectivity index (χ4v) is 4.14. The van der Waals surface area contributed by atoms with Gasteiger partial charge in [-0.25, -0.2) is 17.5 Å². The second-order valence-corrected chi connectivity index (χ2v) is 9.34. The average molecular weight is 432 g/mol. The lowest BCUT2D eigenvalue weighted by molar-refractivity contribution is -0.385. The van der Waals surface area contributed by atoms with Crippen molar-refractivity contribution in [2.45, 2.75) is 23.9 Å². The fraction of sp³-hybridized carbons (Fsp3) is 0.263. The molecule has 1 N–H and O–H groups in total. The number of carbonyl (C=O) groups is 2. The van der Waals surface area contributed by atoms with Crippen LogP contribution in [0.15, 0.2) is 53.4 Å². The third kappa shape index (κ3) is 3.64. The molecule has 3 rings (SSSR count). The summed E-state index contributed by atoms with van der Waals surface area (Å²) >= 11 is 0. The van der Waals surface area contributed by atoms with Crippen LogP contribution in [0, 0.1) is 10.1 Å². The van der Waals surface area contributed by atoms with E-state index in [1.807, 2.05) is 0 Å². The van der Waals surface area contributed by atoms with Crippen molar-refractivity contribution in [3.05, 3.63) is 69.8 Å². The van der Waals surface area contributed by atoms with Gasteiger partial charge in [0.2, 0.25) is 10.0 Å². The van der Waals surface area contributed by atoms with E-state index in [1.54, 1.807) is 6.07 Å². The zero-order valence-corrected chi connectivity index (χ0v) is 17.3. The van der Waals surface area contributed by atoms with Gasteiger partial charge in [0.05, 0.1) is 16.4 Å². The van der Waals surface area contributed by atoms with Gasteiger partial charge in [-0.15, -0.1) is 0 Å². The van der Waals surface area contributed by atoms with Gasteiger partial charge in [-0.1, -0.05) is 24.3 Å². The molecule has 1 atom stereocenters. The highest BCUT2D eigenvalue weighted by atomic mass is 32.2. The Morgan fingerprint density at radius 3 is 2.43 bits per heavy atom. The number of non-ortho nitro benzene ring substituents is 1. The lowest BCUT2D eigenvalue weighted by Gasteiger charge is -2.22. The zero-order chi connectivity index (χ0) is 22.3. The van der Waals surface area contributed by atoms with Crippen molar-refractivity contribution in [3.8, 4) is 0 Å². The second-order valence-electron chi connectivity index (χ2n) is 7.19. The first-order valence-corrected chi connectivity index (χ1v) is 10.3. The van der Waals surface area contributed by atoms with Gasteiger partial charge >= 0.3 is 6.03 Å². The Labute approximate surface area is 173 Å². The number of carbonyl (C=O) groups excluding carboxylic acids is 2. The van der Waals surface area contributed by atoms with Crippen LogP contribution in [-0.4, -0.2) is 48.6 Å². The van der Waals surface area contributed by atoms with Gasteiger partial charge in [0, 0.05) is 26.2 Å². The van der Waals surface area contributed by atoms with Gasteiger partial charge in [-0.3, -0.25) is 19.8 Å². The molecule has 1 unspecified atom stereocenters. The first-order valence-electron chi connectivity index (χ1n) is 8.87. The predicted molar refractivity (Wildman–Crippen MR) is 107 cm³/mol. The molecule has 1 saturated heterocycles. The maximum absolute atomic E-state index is 13.1. The molecule has 2 aromatic carbocycles. The number of imide groups is 1. The molecule has 0 aliphatic carbocycles. The zero-order valence-electron chi connectivity index (χ0n) is 16.5. The van der Waals surface area contributed by atoms with Gasteiger partial charge in [0.15, 0.2) is 0 Å². The number of nitrogens with zero attached hydrogens (tertiary/aromatic N) is 3. The third-order valence-electron chi connectivity index (χ3n) is 4.93. The molecule has 30 heavy (non-hydrogen) atoms. The van der Waals surface area contributed by atoms with Gasteiger partial charge < -0.3 is 5.32 Å². The normalized spacial score (nSPS) is 19.3. The number of sulfonamides is 1. The van der Waals surface area contributed by atoms with Crippen molar-refractivity contribution < 1.29 is 22.9 Å². The van der Waals surface area contributed by atoms with E-state index >= 15 is 0 Å². The molecule has 10 nitrogen and oxygen atoms in total. The lowest BCUT2D eigenvalue weighted by Crippen LogP contribution is -2.40. The van der Waals surface area contributed by atoms with E-state index in [-0.39, 0.29) is 22.7 Å². The minimum Gasteiger partial charge on any atom is -0.319 e. The number of nitro groups is 1. The SMILES string of the molecule is CN(C)S(=O)(=O)c1cccc(CN2C(=O)NC(C)(c3cccc([N+](=O)[O-])c3)C2=O)c1. The Kier molecular flexibility index (Phi) is 5.35. The van der Waals surface area contributed by atoms with Crippen molar-refractivity contribution in [3.63, 3.8) is 0 Å². The van der Waals surface area contributed by atoms with Crippen molar-refractivity contribution in [1.82, 2.24) is 14.5 Å². The van der Waals surface area contributed by atoms with E-state index in [0.29, 0.717) is 5.56 Å². The van der Waals surface area contributed by atoms with Crippen LogP contribution in [0.5, 0.6) is 0 Å². The first kappa shape index (κ1) is 21.4. The van der Waals surface area contributed by atoms with Gasteiger partial charge in [0.1, 0.15) is 5.54 Å². The van der Waals surface area contributed by atoms with E-state index in [4.69, 9.17) is 0 Å². The van der Waals surface area contributed by atoms with Crippen LogP contribution in [0.4, 0.5) is 10.5 Å². The van der Waals surface area contributed by atoms with Crippen LogP contribution in [-0.2, 0) is 26.9 Å². The molecule has 1 fully saturated rings. The maximum atomic E-state index is 13.1. The molecule has 0 saturated carbocycles. The summed E-state index contributed by atoms with van der Waals surface area (Å²) in [6, 6.07) is 10.8. The number of benzene rings is 2. The summed E-state index contributed by atoms with van der Waals surface area (Å²) in [5, 5.41) is 13.6. The van der Waals surface area contributed by atoms with Gasteiger partial charge in [0.25, 0.3) is 11.6 Å². The Balaban J connectivity index is 1.91. The largest absolute Gasteiger partial charge is 0.325 e. The first-order chi connectivity index (χ1) is 14.0. The van der Waals surface area contributed by atoms with Crippen LogP contribution in [0.25, 0.3) is 0 Å². The summed E-state index contributed by atoms with van der Waals surface area (Å²) in [5.41, 5.74) is -0.946. The summed E-state index contributed by atoms with van der Waals surface area (Å²) < 4.78 is 25.7. The van der Waals surface area contributed by atoms with Gasteiger partial charge in [-0.2, -0.15) is 0 Å². The number of hydrogen-bond acceptors (Lipinski definition) is 6. The molecule has 0 aromatic heterocycles. The highest BCUT2D eigenvalue weighted by Gasteiger charge is 2.49. The highest BCUT2D eigenvalue weighted by molar-refractivity contribution is 7.89. The Morgan fingerprint density at radius 1 is 1.13 bits per heavy atom. The average Bonchev–Trinajstić information content (AvgIpc) is 2.92. The number of urea groups is 1. The summed E-state index contributed by atoms with van der Waals surface area (Å²) in [7, 11) is -0.860.